The largest absolute Gasteiger partial charge is 0.354 e. The van der Waals surface area contributed by atoms with Crippen molar-refractivity contribution in [3.05, 3.63) is 84.9 Å². The van der Waals surface area contributed by atoms with Gasteiger partial charge in [-0.15, -0.1) is 11.3 Å². The van der Waals surface area contributed by atoms with E-state index in [4.69, 9.17) is 0 Å². The Morgan fingerprint density at radius 2 is 1.21 bits per heavy atom. The molecule has 0 saturated carbocycles. The maximum Gasteiger partial charge on any atom is 0.0472 e. The number of aromatic nitrogens is 1. The predicted molar refractivity (Wildman–Crippen MR) is 124 cm³/mol. The third-order valence-corrected chi connectivity index (χ3v) is 7.09. The van der Waals surface area contributed by atoms with Gasteiger partial charge in [-0.2, -0.15) is 0 Å². The molecule has 130 valence electrons. The summed E-state index contributed by atoms with van der Waals surface area (Å²) in [4.78, 5) is 3.67. The number of aromatic amines is 1. The maximum atomic E-state index is 3.67. The molecule has 1 N–H and O–H groups in total. The molecule has 2 aromatic heterocycles. The Labute approximate surface area is 164 Å². The number of nitrogens with one attached hydrogen (secondary N) is 1. The van der Waals surface area contributed by atoms with E-state index in [1.807, 2.05) is 11.3 Å². The van der Waals surface area contributed by atoms with Crippen LogP contribution in [0.2, 0.25) is 0 Å². The lowest BCUT2D eigenvalue weighted by Crippen LogP contribution is -1.74. The molecule has 5 aromatic carbocycles. The summed E-state index contributed by atoms with van der Waals surface area (Å²) >= 11 is 1.89. The van der Waals surface area contributed by atoms with E-state index in [0.717, 1.165) is 0 Å². The molecule has 0 radical (unpaired) electrons. The molecule has 1 nitrogen and oxygen atoms in total. The van der Waals surface area contributed by atoms with Gasteiger partial charge in [0.1, 0.15) is 0 Å². The zero-order valence-electron chi connectivity index (χ0n) is 15.0. The Kier molecular flexibility index (Phi) is 2.68. The highest BCUT2D eigenvalue weighted by Gasteiger charge is 2.13. The number of hydrogen-bond acceptors (Lipinski definition) is 1. The Bertz CT molecular complexity index is 1590. The van der Waals surface area contributed by atoms with Crippen LogP contribution in [0.3, 0.4) is 0 Å². The molecule has 0 aliphatic rings. The van der Waals surface area contributed by atoms with Gasteiger partial charge < -0.3 is 4.98 Å². The van der Waals surface area contributed by atoms with E-state index in [1.165, 1.54) is 63.5 Å². The van der Waals surface area contributed by atoms with Gasteiger partial charge in [0, 0.05) is 42.0 Å². The summed E-state index contributed by atoms with van der Waals surface area (Å²) in [6, 6.07) is 31.0. The Morgan fingerprint density at radius 3 is 2.04 bits per heavy atom. The topological polar surface area (TPSA) is 15.8 Å². The van der Waals surface area contributed by atoms with Crippen LogP contribution in [0.15, 0.2) is 84.9 Å². The second-order valence-corrected chi connectivity index (χ2v) is 8.57. The van der Waals surface area contributed by atoms with Crippen LogP contribution in [0.4, 0.5) is 0 Å². The minimum atomic E-state index is 1.21. The number of thiophene rings is 1. The quantitative estimate of drug-likeness (QED) is 0.277. The molecule has 0 atom stereocenters. The Balaban J connectivity index is 1.71. The average molecular weight is 373 g/mol. The van der Waals surface area contributed by atoms with Gasteiger partial charge in [-0.05, 0) is 45.8 Å². The van der Waals surface area contributed by atoms with Gasteiger partial charge >= 0.3 is 0 Å². The predicted octanol–water partition coefficient (Wildman–Crippen LogP) is 8.00. The van der Waals surface area contributed by atoms with Crippen LogP contribution in [0.5, 0.6) is 0 Å². The summed E-state index contributed by atoms with van der Waals surface area (Å²) in [5.41, 5.74) is 2.42. The first kappa shape index (κ1) is 14.7. The number of fused-ring (bicyclic) bond motifs is 10. The highest BCUT2D eigenvalue weighted by molar-refractivity contribution is 7.26. The molecule has 0 unspecified atom stereocenters. The first-order valence-electron chi connectivity index (χ1n) is 9.54. The number of rotatable bonds is 0. The van der Waals surface area contributed by atoms with Crippen molar-refractivity contribution < 1.29 is 0 Å². The molecule has 7 rings (SSSR count). The zero-order valence-corrected chi connectivity index (χ0v) is 15.8. The van der Waals surface area contributed by atoms with Gasteiger partial charge in [0.15, 0.2) is 0 Å². The minimum Gasteiger partial charge on any atom is -0.354 e. The van der Waals surface area contributed by atoms with E-state index < -0.39 is 0 Å². The van der Waals surface area contributed by atoms with E-state index in [1.54, 1.807) is 0 Å². The number of H-pyrrole nitrogens is 1. The summed E-state index contributed by atoms with van der Waals surface area (Å²) in [5, 5.41) is 10.6. The fourth-order valence-corrected chi connectivity index (χ4v) is 5.86. The van der Waals surface area contributed by atoms with Crippen molar-refractivity contribution in [2.45, 2.75) is 0 Å². The van der Waals surface area contributed by atoms with Gasteiger partial charge in [-0.1, -0.05) is 60.7 Å². The van der Waals surface area contributed by atoms with Gasteiger partial charge in [-0.3, -0.25) is 0 Å². The summed E-state index contributed by atoms with van der Waals surface area (Å²) in [6.45, 7) is 0. The molecule has 0 spiro atoms. The van der Waals surface area contributed by atoms with Crippen LogP contribution in [-0.2, 0) is 0 Å². The van der Waals surface area contributed by atoms with Crippen LogP contribution in [0.25, 0.3) is 63.5 Å². The molecule has 7 aromatic rings. The van der Waals surface area contributed by atoms with Crippen molar-refractivity contribution in [1.82, 2.24) is 4.98 Å². The number of hydrogen-bond donors (Lipinski definition) is 1. The summed E-state index contributed by atoms with van der Waals surface area (Å²) in [7, 11) is 0. The summed E-state index contributed by atoms with van der Waals surface area (Å²) < 4.78 is 2.71. The summed E-state index contributed by atoms with van der Waals surface area (Å²) in [6.07, 6.45) is 0. The number of benzene rings is 5. The molecule has 0 bridgehead atoms. The van der Waals surface area contributed by atoms with Crippen LogP contribution in [0, 0.1) is 0 Å². The van der Waals surface area contributed by atoms with Crippen LogP contribution in [0.1, 0.15) is 0 Å². The Hall–Kier alpha value is -3.36. The molecular weight excluding hydrogens is 358 g/mol. The molecular formula is C26H15NS. The van der Waals surface area contributed by atoms with Gasteiger partial charge in [0.05, 0.1) is 0 Å². The van der Waals surface area contributed by atoms with Gasteiger partial charge in [-0.25, -0.2) is 0 Å². The molecule has 0 aliphatic carbocycles. The molecule has 0 aliphatic heterocycles. The third-order valence-electron chi connectivity index (χ3n) is 5.97. The average Bonchev–Trinajstić information content (AvgIpc) is 3.29. The highest BCUT2D eigenvalue weighted by atomic mass is 32.1. The van der Waals surface area contributed by atoms with Crippen molar-refractivity contribution in [2.24, 2.45) is 0 Å². The second-order valence-electron chi connectivity index (χ2n) is 7.49. The first-order valence-corrected chi connectivity index (χ1v) is 10.4. The van der Waals surface area contributed by atoms with Crippen LogP contribution in [-0.4, -0.2) is 4.98 Å². The SMILES string of the molecule is c1ccc2c(c1)ccc1[nH]c3cc4c(cc3c12)sc1ccc2ccccc2c14. The maximum absolute atomic E-state index is 3.67. The van der Waals surface area contributed by atoms with Gasteiger partial charge in [0.2, 0.25) is 0 Å². The minimum absolute atomic E-state index is 1.21. The van der Waals surface area contributed by atoms with Crippen molar-refractivity contribution in [1.29, 1.82) is 0 Å². The van der Waals surface area contributed by atoms with Crippen molar-refractivity contribution in [3.63, 3.8) is 0 Å². The molecule has 28 heavy (non-hydrogen) atoms. The lowest BCUT2D eigenvalue weighted by molar-refractivity contribution is 1.56. The fourth-order valence-electron chi connectivity index (χ4n) is 4.71. The van der Waals surface area contributed by atoms with E-state index in [0.29, 0.717) is 0 Å². The molecule has 2 heterocycles. The smallest absolute Gasteiger partial charge is 0.0472 e. The van der Waals surface area contributed by atoms with E-state index in [9.17, 15) is 0 Å². The van der Waals surface area contributed by atoms with Crippen molar-refractivity contribution in [3.8, 4) is 0 Å². The van der Waals surface area contributed by atoms with E-state index in [2.05, 4.69) is 89.9 Å². The van der Waals surface area contributed by atoms with Crippen molar-refractivity contribution in [2.75, 3.05) is 0 Å². The Morgan fingerprint density at radius 1 is 0.500 bits per heavy atom. The normalized spacial score (nSPS) is 12.3. The molecule has 0 fully saturated rings. The molecule has 2 heteroatoms. The van der Waals surface area contributed by atoms with Gasteiger partial charge in [0.25, 0.3) is 0 Å². The summed E-state index contributed by atoms with van der Waals surface area (Å²) in [5.74, 6) is 0. The zero-order chi connectivity index (χ0) is 18.2. The fraction of sp³-hybridized carbons (Fsp3) is 0. The third kappa shape index (κ3) is 1.81. The highest BCUT2D eigenvalue weighted by Crippen LogP contribution is 2.42. The lowest BCUT2D eigenvalue weighted by Gasteiger charge is -2.01. The lowest BCUT2D eigenvalue weighted by atomic mass is 10.0. The van der Waals surface area contributed by atoms with Crippen LogP contribution < -0.4 is 0 Å². The van der Waals surface area contributed by atoms with Crippen molar-refractivity contribution >= 4 is 74.9 Å². The van der Waals surface area contributed by atoms with Crippen LogP contribution >= 0.6 is 11.3 Å². The molecule has 0 amide bonds. The second kappa shape index (κ2) is 5.12. The first-order chi connectivity index (χ1) is 13.9. The monoisotopic (exact) mass is 373 g/mol. The van der Waals surface area contributed by atoms with E-state index in [-0.39, 0.29) is 0 Å². The van der Waals surface area contributed by atoms with E-state index >= 15 is 0 Å². The molecule has 0 saturated heterocycles. The standard InChI is InChI=1S/C26H15NS/c1-3-7-17-15(5-1)9-11-21-25(17)19-14-24-20(13-22(19)27-21)26-18-8-4-2-6-16(18)10-12-23(26)28-24/h1-14,27H.